The van der Waals surface area contributed by atoms with E-state index in [0.717, 1.165) is 44.1 Å². The third kappa shape index (κ3) is 3.46. The van der Waals surface area contributed by atoms with Crippen LogP contribution in [0.2, 0.25) is 0 Å². The summed E-state index contributed by atoms with van der Waals surface area (Å²) < 4.78 is 5.76. The maximum atomic E-state index is 5.76. The van der Waals surface area contributed by atoms with Crippen LogP contribution >= 0.6 is 0 Å². The normalized spacial score (nSPS) is 28.8. The van der Waals surface area contributed by atoms with Crippen molar-refractivity contribution in [3.63, 3.8) is 0 Å². The Morgan fingerprint density at radius 2 is 1.89 bits per heavy atom. The molecule has 3 nitrogen and oxygen atoms in total. The van der Waals surface area contributed by atoms with E-state index in [2.05, 4.69) is 24.1 Å². The zero-order valence-corrected chi connectivity index (χ0v) is 12.0. The van der Waals surface area contributed by atoms with Gasteiger partial charge in [-0.25, -0.2) is 0 Å². The molecule has 0 radical (unpaired) electrons. The van der Waals surface area contributed by atoms with E-state index in [1.165, 1.54) is 32.2 Å². The molecule has 3 fully saturated rings. The van der Waals surface area contributed by atoms with Gasteiger partial charge in [0.25, 0.3) is 0 Å². The van der Waals surface area contributed by atoms with Crippen molar-refractivity contribution in [3.8, 4) is 0 Å². The summed E-state index contributed by atoms with van der Waals surface area (Å²) >= 11 is 0. The summed E-state index contributed by atoms with van der Waals surface area (Å²) in [5.41, 5.74) is 0.0463. The average molecular weight is 252 g/mol. The van der Waals surface area contributed by atoms with E-state index < -0.39 is 0 Å². The first-order valence-electron chi connectivity index (χ1n) is 7.74. The van der Waals surface area contributed by atoms with Gasteiger partial charge in [-0.1, -0.05) is 0 Å². The molecule has 0 amide bonds. The predicted molar refractivity (Wildman–Crippen MR) is 73.7 cm³/mol. The number of morpholine rings is 1. The number of nitrogens with zero attached hydrogens (tertiary/aromatic N) is 1. The summed E-state index contributed by atoms with van der Waals surface area (Å²) in [6.07, 6.45) is 5.88. The number of hydrogen-bond acceptors (Lipinski definition) is 3. The van der Waals surface area contributed by atoms with Crippen molar-refractivity contribution in [2.24, 2.45) is 11.8 Å². The molecule has 0 aromatic carbocycles. The molecular formula is C15H28N2O. The standard InChI is InChI=1S/C15H28N2O/c1-15(2)11-17(9-10-18-15)8-7-16-14(12-3-4-12)13-5-6-13/h12-14,16H,3-11H2,1-2H3. The fourth-order valence-corrected chi connectivity index (χ4v) is 3.32. The summed E-state index contributed by atoms with van der Waals surface area (Å²) in [7, 11) is 0. The SMILES string of the molecule is CC1(C)CN(CCNC(C2CC2)C2CC2)CCO1. The summed E-state index contributed by atoms with van der Waals surface area (Å²) in [6, 6.07) is 0.846. The third-order valence-corrected chi connectivity index (χ3v) is 4.57. The Labute approximate surface area is 111 Å². The van der Waals surface area contributed by atoms with Crippen molar-refractivity contribution in [3.05, 3.63) is 0 Å². The van der Waals surface area contributed by atoms with Gasteiger partial charge in [-0.15, -0.1) is 0 Å². The third-order valence-electron chi connectivity index (χ3n) is 4.57. The molecule has 2 saturated carbocycles. The zero-order chi connectivity index (χ0) is 12.6. The monoisotopic (exact) mass is 252 g/mol. The van der Waals surface area contributed by atoms with Gasteiger partial charge in [-0.3, -0.25) is 4.90 Å². The van der Waals surface area contributed by atoms with Crippen molar-refractivity contribution < 1.29 is 4.74 Å². The first-order chi connectivity index (χ1) is 8.64. The molecule has 1 saturated heterocycles. The van der Waals surface area contributed by atoms with Gasteiger partial charge in [0.05, 0.1) is 12.2 Å². The fourth-order valence-electron chi connectivity index (χ4n) is 3.32. The maximum Gasteiger partial charge on any atom is 0.0753 e. The molecule has 1 N–H and O–H groups in total. The number of nitrogens with one attached hydrogen (secondary N) is 1. The van der Waals surface area contributed by atoms with Crippen LogP contribution in [-0.4, -0.2) is 49.3 Å². The lowest BCUT2D eigenvalue weighted by molar-refractivity contribution is -0.0855. The second kappa shape index (κ2) is 5.10. The van der Waals surface area contributed by atoms with Crippen molar-refractivity contribution >= 4 is 0 Å². The molecule has 2 aliphatic carbocycles. The zero-order valence-electron chi connectivity index (χ0n) is 12.0. The lowest BCUT2D eigenvalue weighted by Crippen LogP contribution is -2.50. The van der Waals surface area contributed by atoms with E-state index in [4.69, 9.17) is 4.74 Å². The van der Waals surface area contributed by atoms with Crippen molar-refractivity contribution in [1.82, 2.24) is 10.2 Å². The van der Waals surface area contributed by atoms with Gasteiger partial charge in [-0.2, -0.15) is 0 Å². The molecule has 0 unspecified atom stereocenters. The number of hydrogen-bond donors (Lipinski definition) is 1. The molecule has 3 aliphatic rings. The van der Waals surface area contributed by atoms with Crippen molar-refractivity contribution in [2.75, 3.05) is 32.8 Å². The molecule has 0 aromatic heterocycles. The second-order valence-corrected chi connectivity index (χ2v) is 7.04. The van der Waals surface area contributed by atoms with Crippen LogP contribution < -0.4 is 5.32 Å². The molecule has 3 heteroatoms. The number of rotatable bonds is 6. The van der Waals surface area contributed by atoms with Crippen LogP contribution in [0.3, 0.4) is 0 Å². The summed E-state index contributed by atoms with van der Waals surface area (Å²) in [5.74, 6) is 2.03. The Kier molecular flexibility index (Phi) is 3.65. The topological polar surface area (TPSA) is 24.5 Å². The largest absolute Gasteiger partial charge is 0.373 e. The molecule has 18 heavy (non-hydrogen) atoms. The van der Waals surface area contributed by atoms with Gasteiger partial charge in [0, 0.05) is 32.2 Å². The van der Waals surface area contributed by atoms with Crippen LogP contribution in [0.25, 0.3) is 0 Å². The van der Waals surface area contributed by atoms with Gasteiger partial charge in [-0.05, 0) is 51.4 Å². The maximum absolute atomic E-state index is 5.76. The summed E-state index contributed by atoms with van der Waals surface area (Å²) in [6.45, 7) is 9.81. The van der Waals surface area contributed by atoms with Gasteiger partial charge in [0.2, 0.25) is 0 Å². The Balaban J connectivity index is 1.38. The Morgan fingerprint density at radius 3 is 2.44 bits per heavy atom. The van der Waals surface area contributed by atoms with Crippen LogP contribution in [0.5, 0.6) is 0 Å². The highest BCUT2D eigenvalue weighted by atomic mass is 16.5. The fraction of sp³-hybridized carbons (Fsp3) is 1.00. The summed E-state index contributed by atoms with van der Waals surface area (Å²) in [5, 5.41) is 3.84. The molecule has 1 aliphatic heterocycles. The first-order valence-corrected chi connectivity index (χ1v) is 7.74. The minimum absolute atomic E-state index is 0.0463. The van der Waals surface area contributed by atoms with Gasteiger partial charge >= 0.3 is 0 Å². The lowest BCUT2D eigenvalue weighted by atomic mass is 10.1. The average Bonchev–Trinajstić information content (AvgIpc) is 3.14. The molecule has 1 heterocycles. The smallest absolute Gasteiger partial charge is 0.0753 e. The van der Waals surface area contributed by atoms with E-state index in [1.54, 1.807) is 0 Å². The molecule has 0 bridgehead atoms. The molecule has 104 valence electrons. The van der Waals surface area contributed by atoms with E-state index in [1.807, 2.05) is 0 Å². The predicted octanol–water partition coefficient (Wildman–Crippen LogP) is 1.88. The molecule has 0 spiro atoms. The lowest BCUT2D eigenvalue weighted by Gasteiger charge is -2.38. The van der Waals surface area contributed by atoms with Crippen LogP contribution in [0.1, 0.15) is 39.5 Å². The minimum atomic E-state index is 0.0463. The highest BCUT2D eigenvalue weighted by Gasteiger charge is 2.41. The van der Waals surface area contributed by atoms with E-state index in [0.29, 0.717) is 0 Å². The molecule has 0 aromatic rings. The Hall–Kier alpha value is -0.120. The highest BCUT2D eigenvalue weighted by Crippen LogP contribution is 2.44. The van der Waals surface area contributed by atoms with Gasteiger partial charge < -0.3 is 10.1 Å². The van der Waals surface area contributed by atoms with Crippen molar-refractivity contribution in [2.45, 2.75) is 51.2 Å². The van der Waals surface area contributed by atoms with E-state index in [-0.39, 0.29) is 5.60 Å². The number of ether oxygens (including phenoxy) is 1. The van der Waals surface area contributed by atoms with Gasteiger partial charge in [0.15, 0.2) is 0 Å². The Bertz CT molecular complexity index is 272. The molecular weight excluding hydrogens is 224 g/mol. The minimum Gasteiger partial charge on any atom is -0.373 e. The Morgan fingerprint density at radius 1 is 1.22 bits per heavy atom. The van der Waals surface area contributed by atoms with E-state index in [9.17, 15) is 0 Å². The van der Waals surface area contributed by atoms with Crippen LogP contribution in [0.15, 0.2) is 0 Å². The van der Waals surface area contributed by atoms with Crippen LogP contribution in [0, 0.1) is 11.8 Å². The van der Waals surface area contributed by atoms with Crippen molar-refractivity contribution in [1.29, 1.82) is 0 Å². The molecule has 0 atom stereocenters. The second-order valence-electron chi connectivity index (χ2n) is 7.04. The molecule has 3 rings (SSSR count). The summed E-state index contributed by atoms with van der Waals surface area (Å²) in [4.78, 5) is 2.55. The van der Waals surface area contributed by atoms with Crippen LogP contribution in [0.4, 0.5) is 0 Å². The highest BCUT2D eigenvalue weighted by molar-refractivity contribution is 4.96. The quantitative estimate of drug-likeness (QED) is 0.781. The van der Waals surface area contributed by atoms with E-state index >= 15 is 0 Å². The van der Waals surface area contributed by atoms with Gasteiger partial charge in [0.1, 0.15) is 0 Å². The first kappa shape index (κ1) is 12.9. The van der Waals surface area contributed by atoms with Crippen LogP contribution in [-0.2, 0) is 4.74 Å².